The lowest BCUT2D eigenvalue weighted by molar-refractivity contribution is -0.138. The number of carbonyl (C=O) groups is 1. The van der Waals surface area contributed by atoms with Crippen molar-refractivity contribution in [2.45, 2.75) is 15.5 Å². The molecular formula is C7H10N4O2S2. The van der Waals surface area contributed by atoms with Crippen molar-refractivity contribution < 1.29 is 9.90 Å². The van der Waals surface area contributed by atoms with E-state index in [-0.39, 0.29) is 11.2 Å². The third-order valence-electron chi connectivity index (χ3n) is 2.09. The molecule has 4 N–H and O–H groups in total. The van der Waals surface area contributed by atoms with E-state index in [9.17, 15) is 4.79 Å². The molecule has 0 amide bonds. The molecule has 2 heterocycles. The fourth-order valence-corrected chi connectivity index (χ4v) is 3.65. The number of anilines is 1. The van der Waals surface area contributed by atoms with Crippen molar-refractivity contribution in [1.29, 1.82) is 0 Å². The van der Waals surface area contributed by atoms with Crippen molar-refractivity contribution in [2.24, 2.45) is 0 Å². The SMILES string of the molecule is Nc1nnc(SC2(CC(=O)O)CNC2)s1. The van der Waals surface area contributed by atoms with Crippen LogP contribution < -0.4 is 11.1 Å². The van der Waals surface area contributed by atoms with E-state index < -0.39 is 5.97 Å². The Kier molecular flexibility index (Phi) is 2.81. The number of aromatic nitrogens is 2. The standard InChI is InChI=1S/C7H10N4O2S2/c8-5-10-11-6(14-5)15-7(1-4(12)13)2-9-3-7/h9H,1-3H2,(H2,8,10)(H,12,13). The smallest absolute Gasteiger partial charge is 0.304 e. The summed E-state index contributed by atoms with van der Waals surface area (Å²) in [6, 6.07) is 0. The summed E-state index contributed by atoms with van der Waals surface area (Å²) in [7, 11) is 0. The number of nitrogens with two attached hydrogens (primary N) is 1. The molecule has 1 aliphatic rings. The lowest BCUT2D eigenvalue weighted by Gasteiger charge is -2.39. The number of hydrogen-bond acceptors (Lipinski definition) is 7. The maximum absolute atomic E-state index is 10.7. The van der Waals surface area contributed by atoms with Crippen molar-refractivity contribution in [3.8, 4) is 0 Å². The summed E-state index contributed by atoms with van der Waals surface area (Å²) in [4.78, 5) is 10.7. The van der Waals surface area contributed by atoms with Crippen LogP contribution in [0.25, 0.3) is 0 Å². The van der Waals surface area contributed by atoms with Gasteiger partial charge in [0.05, 0.1) is 11.2 Å². The van der Waals surface area contributed by atoms with E-state index in [1.807, 2.05) is 0 Å². The average molecular weight is 246 g/mol. The minimum Gasteiger partial charge on any atom is -0.481 e. The Morgan fingerprint density at radius 3 is 2.80 bits per heavy atom. The zero-order valence-electron chi connectivity index (χ0n) is 7.77. The summed E-state index contributed by atoms with van der Waals surface area (Å²) in [6.07, 6.45) is 0.129. The molecule has 0 unspecified atom stereocenters. The molecule has 0 atom stereocenters. The van der Waals surface area contributed by atoms with Gasteiger partial charge in [0.15, 0.2) is 4.34 Å². The van der Waals surface area contributed by atoms with Crippen molar-refractivity contribution in [1.82, 2.24) is 15.5 Å². The molecular weight excluding hydrogens is 236 g/mol. The van der Waals surface area contributed by atoms with Gasteiger partial charge >= 0.3 is 5.97 Å². The van der Waals surface area contributed by atoms with Crippen LogP contribution in [-0.4, -0.2) is 39.1 Å². The average Bonchev–Trinajstić information content (AvgIpc) is 2.46. The number of aliphatic carboxylic acids is 1. The topological polar surface area (TPSA) is 101 Å². The molecule has 15 heavy (non-hydrogen) atoms. The Labute approximate surface area is 94.3 Å². The first-order valence-corrected chi connectivity index (χ1v) is 5.93. The van der Waals surface area contributed by atoms with Crippen LogP contribution in [-0.2, 0) is 4.79 Å². The maximum atomic E-state index is 10.7. The molecule has 0 radical (unpaired) electrons. The number of thioether (sulfide) groups is 1. The van der Waals surface area contributed by atoms with E-state index in [2.05, 4.69) is 15.5 Å². The normalized spacial score (nSPS) is 18.4. The van der Waals surface area contributed by atoms with Crippen molar-refractivity contribution in [3.05, 3.63) is 0 Å². The number of nitrogens with zero attached hydrogens (tertiary/aromatic N) is 2. The Balaban J connectivity index is 2.04. The second-order valence-corrected chi connectivity index (χ2v) is 6.09. The lowest BCUT2D eigenvalue weighted by atomic mass is 9.98. The zero-order valence-corrected chi connectivity index (χ0v) is 9.40. The lowest BCUT2D eigenvalue weighted by Crippen LogP contribution is -2.57. The number of nitrogens with one attached hydrogen (secondary N) is 1. The Morgan fingerprint density at radius 1 is 1.67 bits per heavy atom. The van der Waals surface area contributed by atoms with Gasteiger partial charge < -0.3 is 16.2 Å². The molecule has 2 rings (SSSR count). The molecule has 1 fully saturated rings. The van der Waals surface area contributed by atoms with Gasteiger partial charge in [-0.05, 0) is 0 Å². The van der Waals surface area contributed by atoms with E-state index in [0.717, 1.165) is 4.34 Å². The largest absolute Gasteiger partial charge is 0.481 e. The first-order valence-electron chi connectivity index (χ1n) is 4.30. The van der Waals surface area contributed by atoms with E-state index in [1.165, 1.54) is 23.1 Å². The molecule has 0 saturated carbocycles. The molecule has 82 valence electrons. The van der Waals surface area contributed by atoms with Gasteiger partial charge in [0.2, 0.25) is 5.13 Å². The number of nitrogen functional groups attached to an aromatic ring is 1. The second kappa shape index (κ2) is 3.95. The molecule has 1 saturated heterocycles. The van der Waals surface area contributed by atoms with E-state index in [4.69, 9.17) is 10.8 Å². The van der Waals surface area contributed by atoms with Crippen LogP contribution in [0.3, 0.4) is 0 Å². The predicted molar refractivity (Wildman–Crippen MR) is 58.0 cm³/mol. The van der Waals surface area contributed by atoms with Crippen molar-refractivity contribution >= 4 is 34.2 Å². The monoisotopic (exact) mass is 246 g/mol. The van der Waals surface area contributed by atoms with Crippen LogP contribution in [0.5, 0.6) is 0 Å². The molecule has 1 aromatic heterocycles. The second-order valence-electron chi connectivity index (χ2n) is 3.37. The first kappa shape index (κ1) is 10.7. The Bertz CT molecular complexity index is 377. The summed E-state index contributed by atoms with van der Waals surface area (Å²) in [5.74, 6) is -0.790. The third kappa shape index (κ3) is 2.39. The summed E-state index contributed by atoms with van der Waals surface area (Å²) >= 11 is 2.74. The highest BCUT2D eigenvalue weighted by Gasteiger charge is 2.41. The number of carboxylic acids is 1. The number of hydrogen-bond donors (Lipinski definition) is 3. The molecule has 0 aromatic carbocycles. The molecule has 0 bridgehead atoms. The molecule has 1 aromatic rings. The molecule has 8 heteroatoms. The van der Waals surface area contributed by atoms with E-state index >= 15 is 0 Å². The summed E-state index contributed by atoms with van der Waals surface area (Å²) in [5, 5.41) is 19.9. The van der Waals surface area contributed by atoms with Gasteiger partial charge in [0.25, 0.3) is 0 Å². The van der Waals surface area contributed by atoms with Gasteiger partial charge in [0.1, 0.15) is 0 Å². The van der Waals surface area contributed by atoms with Crippen LogP contribution in [0.1, 0.15) is 6.42 Å². The van der Waals surface area contributed by atoms with Crippen LogP contribution >= 0.6 is 23.1 Å². The maximum Gasteiger partial charge on any atom is 0.304 e. The van der Waals surface area contributed by atoms with Crippen LogP contribution in [0, 0.1) is 0 Å². The zero-order chi connectivity index (χ0) is 10.9. The van der Waals surface area contributed by atoms with Gasteiger partial charge in [-0.2, -0.15) is 0 Å². The highest BCUT2D eigenvalue weighted by atomic mass is 32.2. The third-order valence-corrected chi connectivity index (χ3v) is 4.26. The van der Waals surface area contributed by atoms with Gasteiger partial charge in [-0.15, -0.1) is 10.2 Å². The predicted octanol–water partition coefficient (Wildman–Crippen LogP) is 0.0291. The number of carboxylic acid groups (broad SMARTS) is 1. The van der Waals surface area contributed by atoms with Gasteiger partial charge in [-0.1, -0.05) is 23.1 Å². The molecule has 0 aliphatic carbocycles. The van der Waals surface area contributed by atoms with Gasteiger partial charge in [-0.3, -0.25) is 4.79 Å². The molecule has 0 spiro atoms. The highest BCUT2D eigenvalue weighted by Crippen LogP contribution is 2.40. The van der Waals surface area contributed by atoms with Crippen LogP contribution in [0.15, 0.2) is 4.34 Å². The minimum atomic E-state index is -0.790. The fourth-order valence-electron chi connectivity index (χ4n) is 1.36. The first-order chi connectivity index (χ1) is 7.10. The van der Waals surface area contributed by atoms with Gasteiger partial charge in [-0.25, -0.2) is 0 Å². The number of rotatable bonds is 4. The fraction of sp³-hybridized carbons (Fsp3) is 0.571. The summed E-state index contributed by atoms with van der Waals surface area (Å²) in [5.41, 5.74) is 5.46. The van der Waals surface area contributed by atoms with Crippen LogP contribution in [0.2, 0.25) is 0 Å². The summed E-state index contributed by atoms with van der Waals surface area (Å²) in [6.45, 7) is 1.37. The van der Waals surface area contributed by atoms with Gasteiger partial charge in [0, 0.05) is 13.1 Å². The summed E-state index contributed by atoms with van der Waals surface area (Å²) < 4.78 is 0.452. The van der Waals surface area contributed by atoms with Crippen LogP contribution in [0.4, 0.5) is 5.13 Å². The minimum absolute atomic E-state index is 0.129. The van der Waals surface area contributed by atoms with E-state index in [0.29, 0.717) is 18.2 Å². The van der Waals surface area contributed by atoms with E-state index in [1.54, 1.807) is 0 Å². The quantitative estimate of drug-likeness (QED) is 0.689. The van der Waals surface area contributed by atoms with Crippen molar-refractivity contribution in [3.63, 3.8) is 0 Å². The van der Waals surface area contributed by atoms with Crippen molar-refractivity contribution in [2.75, 3.05) is 18.8 Å². The Morgan fingerprint density at radius 2 is 2.40 bits per heavy atom. The molecule has 1 aliphatic heterocycles. The Hall–Kier alpha value is -0.860. The highest BCUT2D eigenvalue weighted by molar-refractivity contribution is 8.02. The molecule has 6 nitrogen and oxygen atoms in total.